The summed E-state index contributed by atoms with van der Waals surface area (Å²) in [5.74, 6) is 1.08. The van der Waals surface area contributed by atoms with Crippen LogP contribution in [0.4, 0.5) is 11.9 Å². The fourth-order valence-corrected chi connectivity index (χ4v) is 2.41. The van der Waals surface area contributed by atoms with Gasteiger partial charge in [-0.1, -0.05) is 6.92 Å². The molecule has 20 heavy (non-hydrogen) atoms. The first-order valence-corrected chi connectivity index (χ1v) is 7.77. The van der Waals surface area contributed by atoms with Gasteiger partial charge in [-0.15, -0.1) is 0 Å². The molecule has 0 aromatic carbocycles. The molecular weight excluding hydrogens is 276 g/mol. The largest absolute Gasteiger partial charge is 0.354 e. The van der Waals surface area contributed by atoms with Crippen LogP contribution in [-0.2, 0) is 0 Å². The number of likely N-dealkylation sites (tertiary alicyclic amines) is 1. The molecule has 112 valence electrons. The van der Waals surface area contributed by atoms with Crippen molar-refractivity contribution in [3.63, 3.8) is 0 Å². The molecule has 0 bridgehead atoms. The summed E-state index contributed by atoms with van der Waals surface area (Å²) in [4.78, 5) is 14.9. The van der Waals surface area contributed by atoms with Gasteiger partial charge in [0.1, 0.15) is 0 Å². The van der Waals surface area contributed by atoms with Gasteiger partial charge in [0, 0.05) is 13.1 Å². The molecule has 2 heterocycles. The Morgan fingerprint density at radius 1 is 1.05 bits per heavy atom. The van der Waals surface area contributed by atoms with Gasteiger partial charge < -0.3 is 15.5 Å². The lowest BCUT2D eigenvalue weighted by atomic mass is 10.4. The normalized spacial score (nSPS) is 15.5. The maximum Gasteiger partial charge on any atom is 0.228 e. The molecule has 7 heteroatoms. The molecule has 1 aromatic rings. The summed E-state index contributed by atoms with van der Waals surface area (Å²) in [6.45, 7) is 7.38. The predicted octanol–water partition coefficient (Wildman–Crippen LogP) is 2.24. The minimum atomic E-state index is 0.223. The number of rotatable bonds is 8. The van der Waals surface area contributed by atoms with Crippen LogP contribution >= 0.6 is 11.6 Å². The molecule has 1 saturated heterocycles. The van der Waals surface area contributed by atoms with Gasteiger partial charge in [-0.25, -0.2) is 0 Å². The third kappa shape index (κ3) is 5.09. The predicted molar refractivity (Wildman–Crippen MR) is 82.4 cm³/mol. The number of hydrogen-bond acceptors (Lipinski definition) is 6. The third-order valence-corrected chi connectivity index (χ3v) is 3.44. The van der Waals surface area contributed by atoms with Crippen LogP contribution in [0.2, 0.25) is 5.28 Å². The molecule has 0 radical (unpaired) electrons. The van der Waals surface area contributed by atoms with Crippen molar-refractivity contribution in [2.45, 2.75) is 32.6 Å². The average Bonchev–Trinajstić information content (AvgIpc) is 2.94. The Kier molecular flexibility index (Phi) is 6.26. The Hall–Kier alpha value is -1.14. The molecule has 6 nitrogen and oxygen atoms in total. The van der Waals surface area contributed by atoms with E-state index in [9.17, 15) is 0 Å². The van der Waals surface area contributed by atoms with E-state index in [1.165, 1.54) is 25.9 Å². The van der Waals surface area contributed by atoms with Crippen molar-refractivity contribution in [1.82, 2.24) is 19.9 Å². The Labute approximate surface area is 125 Å². The lowest BCUT2D eigenvalue weighted by molar-refractivity contribution is 0.337. The van der Waals surface area contributed by atoms with Crippen LogP contribution in [0, 0.1) is 0 Å². The SMILES string of the molecule is CCCNc1nc(Cl)nc(NCCCN2CCCC2)n1. The van der Waals surface area contributed by atoms with Crippen LogP contribution in [-0.4, -0.2) is 52.6 Å². The summed E-state index contributed by atoms with van der Waals surface area (Å²) in [7, 11) is 0. The van der Waals surface area contributed by atoms with Gasteiger partial charge in [-0.2, -0.15) is 15.0 Å². The van der Waals surface area contributed by atoms with Gasteiger partial charge in [0.15, 0.2) is 0 Å². The number of nitrogens with zero attached hydrogens (tertiary/aromatic N) is 4. The number of nitrogens with one attached hydrogen (secondary N) is 2. The highest BCUT2D eigenvalue weighted by Crippen LogP contribution is 2.10. The number of anilines is 2. The molecule has 0 spiro atoms. The molecule has 1 aromatic heterocycles. The zero-order valence-corrected chi connectivity index (χ0v) is 12.8. The third-order valence-electron chi connectivity index (χ3n) is 3.27. The van der Waals surface area contributed by atoms with E-state index in [1.807, 2.05) is 0 Å². The zero-order chi connectivity index (χ0) is 14.2. The topological polar surface area (TPSA) is 66.0 Å². The molecule has 2 rings (SSSR count). The van der Waals surface area contributed by atoms with Crippen LogP contribution in [0.5, 0.6) is 0 Å². The first-order chi connectivity index (χ1) is 9.78. The molecule has 2 N–H and O–H groups in total. The smallest absolute Gasteiger partial charge is 0.228 e. The Balaban J connectivity index is 1.74. The highest BCUT2D eigenvalue weighted by Gasteiger charge is 2.10. The van der Waals surface area contributed by atoms with E-state index in [2.05, 4.69) is 37.4 Å². The molecule has 0 amide bonds. The summed E-state index contributed by atoms with van der Waals surface area (Å²) in [5.41, 5.74) is 0. The lowest BCUT2D eigenvalue weighted by Gasteiger charge is -2.14. The van der Waals surface area contributed by atoms with Gasteiger partial charge in [0.2, 0.25) is 17.2 Å². The molecule has 0 unspecified atom stereocenters. The molecule has 0 saturated carbocycles. The minimum absolute atomic E-state index is 0.223. The Morgan fingerprint density at radius 3 is 2.35 bits per heavy atom. The summed E-state index contributed by atoms with van der Waals surface area (Å²) in [5, 5.41) is 6.55. The van der Waals surface area contributed by atoms with Crippen molar-refractivity contribution in [2.75, 3.05) is 43.4 Å². The fourth-order valence-electron chi connectivity index (χ4n) is 2.25. The Bertz CT molecular complexity index is 408. The van der Waals surface area contributed by atoms with Crippen LogP contribution in [0.3, 0.4) is 0 Å². The summed E-state index contributed by atoms with van der Waals surface area (Å²) in [6, 6.07) is 0. The van der Waals surface area contributed by atoms with Crippen LogP contribution in [0.25, 0.3) is 0 Å². The maximum absolute atomic E-state index is 5.89. The van der Waals surface area contributed by atoms with E-state index in [-0.39, 0.29) is 5.28 Å². The average molecular weight is 299 g/mol. The molecule has 1 aliphatic heterocycles. The van der Waals surface area contributed by atoms with Crippen LogP contribution < -0.4 is 10.6 Å². The molecule has 1 fully saturated rings. The van der Waals surface area contributed by atoms with Crippen molar-refractivity contribution >= 4 is 23.5 Å². The second-order valence-electron chi connectivity index (χ2n) is 5.01. The minimum Gasteiger partial charge on any atom is -0.354 e. The Morgan fingerprint density at radius 2 is 1.70 bits per heavy atom. The number of halogens is 1. The summed E-state index contributed by atoms with van der Waals surface area (Å²) < 4.78 is 0. The summed E-state index contributed by atoms with van der Waals surface area (Å²) in [6.07, 6.45) is 4.77. The van der Waals surface area contributed by atoms with Gasteiger partial charge in [0.05, 0.1) is 0 Å². The second kappa shape index (κ2) is 8.21. The van der Waals surface area contributed by atoms with Crippen molar-refractivity contribution in [2.24, 2.45) is 0 Å². The van der Waals surface area contributed by atoms with Gasteiger partial charge in [-0.05, 0) is 56.9 Å². The quantitative estimate of drug-likeness (QED) is 0.718. The van der Waals surface area contributed by atoms with Gasteiger partial charge >= 0.3 is 0 Å². The molecule has 0 atom stereocenters. The van der Waals surface area contributed by atoms with Crippen molar-refractivity contribution in [3.8, 4) is 0 Å². The highest BCUT2D eigenvalue weighted by molar-refractivity contribution is 6.28. The standard InChI is InChI=1S/C13H23ClN6/c1-2-6-15-12-17-11(14)18-13(19-12)16-7-5-10-20-8-3-4-9-20/h2-10H2,1H3,(H2,15,16,17,18,19). The zero-order valence-electron chi connectivity index (χ0n) is 12.0. The van der Waals surface area contributed by atoms with E-state index in [1.54, 1.807) is 0 Å². The second-order valence-corrected chi connectivity index (χ2v) is 5.35. The van der Waals surface area contributed by atoms with E-state index < -0.39 is 0 Å². The van der Waals surface area contributed by atoms with Crippen molar-refractivity contribution in [1.29, 1.82) is 0 Å². The number of hydrogen-bond donors (Lipinski definition) is 2. The number of aromatic nitrogens is 3. The monoisotopic (exact) mass is 298 g/mol. The first kappa shape index (κ1) is 15.3. The van der Waals surface area contributed by atoms with Crippen LogP contribution in [0.15, 0.2) is 0 Å². The van der Waals surface area contributed by atoms with Crippen molar-refractivity contribution in [3.05, 3.63) is 5.28 Å². The van der Waals surface area contributed by atoms with E-state index in [4.69, 9.17) is 11.6 Å². The van der Waals surface area contributed by atoms with Gasteiger partial charge in [0.25, 0.3) is 0 Å². The van der Waals surface area contributed by atoms with E-state index in [0.717, 1.165) is 32.5 Å². The van der Waals surface area contributed by atoms with Crippen LogP contribution in [0.1, 0.15) is 32.6 Å². The van der Waals surface area contributed by atoms with E-state index >= 15 is 0 Å². The van der Waals surface area contributed by atoms with Gasteiger partial charge in [-0.3, -0.25) is 0 Å². The van der Waals surface area contributed by atoms with E-state index in [0.29, 0.717) is 11.9 Å². The fraction of sp³-hybridized carbons (Fsp3) is 0.769. The molecular formula is C13H23ClN6. The maximum atomic E-state index is 5.89. The van der Waals surface area contributed by atoms with Crippen molar-refractivity contribution < 1.29 is 0 Å². The highest BCUT2D eigenvalue weighted by atomic mass is 35.5. The first-order valence-electron chi connectivity index (χ1n) is 7.39. The summed E-state index contributed by atoms with van der Waals surface area (Å²) >= 11 is 5.89. The molecule has 0 aliphatic carbocycles. The molecule has 1 aliphatic rings. The lowest BCUT2D eigenvalue weighted by Crippen LogP contribution is -2.22.